The Labute approximate surface area is 105 Å². The van der Waals surface area contributed by atoms with E-state index in [0.717, 1.165) is 18.9 Å². The number of nitrogens with zero attached hydrogens (tertiary/aromatic N) is 1. The zero-order chi connectivity index (χ0) is 12.5. The lowest BCUT2D eigenvalue weighted by atomic mass is 10.1. The van der Waals surface area contributed by atoms with Gasteiger partial charge in [-0.05, 0) is 26.0 Å². The molecular weight excluding hydrogens is 212 g/mol. The lowest BCUT2D eigenvalue weighted by Crippen LogP contribution is -2.12. The smallest absolute Gasteiger partial charge is 0.213 e. The van der Waals surface area contributed by atoms with Crippen molar-refractivity contribution in [1.29, 1.82) is 0 Å². The van der Waals surface area contributed by atoms with Gasteiger partial charge in [-0.1, -0.05) is 32.3 Å². The lowest BCUT2D eigenvalue weighted by molar-refractivity contribution is 0.293. The fourth-order valence-corrected chi connectivity index (χ4v) is 1.61. The van der Waals surface area contributed by atoms with Gasteiger partial charge in [0.15, 0.2) is 0 Å². The minimum atomic E-state index is 0.334. The number of aromatic nitrogens is 1. The third-order valence-corrected chi connectivity index (χ3v) is 2.94. The molecule has 1 N–H and O–H groups in total. The van der Waals surface area contributed by atoms with E-state index >= 15 is 0 Å². The SMILES string of the molecule is CCCCCCOc1ccc(C(C)NC)cn1. The molecule has 17 heavy (non-hydrogen) atoms. The summed E-state index contributed by atoms with van der Waals surface area (Å²) in [6.07, 6.45) is 6.78. The van der Waals surface area contributed by atoms with Crippen LogP contribution in [0.2, 0.25) is 0 Å². The van der Waals surface area contributed by atoms with E-state index < -0.39 is 0 Å². The predicted octanol–water partition coefficient (Wildman–Crippen LogP) is 3.32. The summed E-state index contributed by atoms with van der Waals surface area (Å²) in [5.74, 6) is 0.730. The summed E-state index contributed by atoms with van der Waals surface area (Å²) in [6, 6.07) is 4.35. The molecule has 0 fully saturated rings. The first-order valence-electron chi connectivity index (χ1n) is 6.54. The van der Waals surface area contributed by atoms with Crippen molar-refractivity contribution in [3.05, 3.63) is 23.9 Å². The molecule has 0 spiro atoms. The van der Waals surface area contributed by atoms with Gasteiger partial charge in [0.2, 0.25) is 5.88 Å². The van der Waals surface area contributed by atoms with Gasteiger partial charge in [0.05, 0.1) is 6.61 Å². The fourth-order valence-electron chi connectivity index (χ4n) is 1.61. The second-order valence-electron chi connectivity index (χ2n) is 4.35. The summed E-state index contributed by atoms with van der Waals surface area (Å²) < 4.78 is 5.59. The standard InChI is InChI=1S/C14H24N2O/c1-4-5-6-7-10-17-14-9-8-13(11-16-14)12(2)15-3/h8-9,11-12,15H,4-7,10H2,1-3H3. The van der Waals surface area contributed by atoms with Crippen LogP contribution in [-0.4, -0.2) is 18.6 Å². The molecule has 0 bridgehead atoms. The maximum atomic E-state index is 5.59. The van der Waals surface area contributed by atoms with Crippen molar-refractivity contribution in [3.8, 4) is 5.88 Å². The summed E-state index contributed by atoms with van der Waals surface area (Å²) >= 11 is 0. The van der Waals surface area contributed by atoms with Crippen LogP contribution in [0.3, 0.4) is 0 Å². The number of rotatable bonds is 8. The molecule has 1 aromatic rings. The second kappa shape index (κ2) is 8.07. The van der Waals surface area contributed by atoms with E-state index in [2.05, 4.69) is 30.2 Å². The maximum Gasteiger partial charge on any atom is 0.213 e. The third-order valence-electron chi connectivity index (χ3n) is 2.94. The fraction of sp³-hybridized carbons (Fsp3) is 0.643. The summed E-state index contributed by atoms with van der Waals surface area (Å²) in [4.78, 5) is 4.30. The molecule has 1 aromatic heterocycles. The number of pyridine rings is 1. The van der Waals surface area contributed by atoms with Gasteiger partial charge in [-0.15, -0.1) is 0 Å². The Morgan fingerprint density at radius 1 is 1.29 bits per heavy atom. The molecule has 0 saturated heterocycles. The Bertz CT molecular complexity index is 298. The Morgan fingerprint density at radius 2 is 2.12 bits per heavy atom. The Balaban J connectivity index is 2.30. The highest BCUT2D eigenvalue weighted by Gasteiger charge is 2.03. The minimum absolute atomic E-state index is 0.334. The molecular formula is C14H24N2O. The Morgan fingerprint density at radius 3 is 2.71 bits per heavy atom. The van der Waals surface area contributed by atoms with Crippen LogP contribution in [0.4, 0.5) is 0 Å². The average molecular weight is 236 g/mol. The van der Waals surface area contributed by atoms with Gasteiger partial charge in [-0.3, -0.25) is 0 Å². The van der Waals surface area contributed by atoms with Gasteiger partial charge >= 0.3 is 0 Å². The van der Waals surface area contributed by atoms with Gasteiger partial charge in [0, 0.05) is 18.3 Å². The largest absolute Gasteiger partial charge is 0.478 e. The molecule has 1 heterocycles. The summed E-state index contributed by atoms with van der Waals surface area (Å²) in [7, 11) is 1.95. The van der Waals surface area contributed by atoms with Crippen molar-refractivity contribution >= 4 is 0 Å². The van der Waals surface area contributed by atoms with E-state index in [1.165, 1.54) is 24.8 Å². The van der Waals surface area contributed by atoms with E-state index in [-0.39, 0.29) is 0 Å². The van der Waals surface area contributed by atoms with Crippen molar-refractivity contribution in [3.63, 3.8) is 0 Å². The number of nitrogens with one attached hydrogen (secondary N) is 1. The number of unbranched alkanes of at least 4 members (excludes halogenated alkanes) is 3. The molecule has 0 aliphatic heterocycles. The van der Waals surface area contributed by atoms with Crippen LogP contribution < -0.4 is 10.1 Å². The molecule has 1 atom stereocenters. The molecule has 0 aromatic carbocycles. The molecule has 3 nitrogen and oxygen atoms in total. The summed E-state index contributed by atoms with van der Waals surface area (Å²) in [6.45, 7) is 5.10. The van der Waals surface area contributed by atoms with Crippen molar-refractivity contribution in [2.45, 2.75) is 45.6 Å². The molecule has 1 rings (SSSR count). The van der Waals surface area contributed by atoms with E-state index in [4.69, 9.17) is 4.74 Å². The number of hydrogen-bond donors (Lipinski definition) is 1. The van der Waals surface area contributed by atoms with Crippen molar-refractivity contribution in [2.75, 3.05) is 13.7 Å². The van der Waals surface area contributed by atoms with Crippen molar-refractivity contribution < 1.29 is 4.74 Å². The molecule has 0 aliphatic carbocycles. The zero-order valence-electron chi connectivity index (χ0n) is 11.2. The van der Waals surface area contributed by atoms with Gasteiger partial charge in [0.25, 0.3) is 0 Å². The first-order valence-corrected chi connectivity index (χ1v) is 6.54. The van der Waals surface area contributed by atoms with E-state index in [9.17, 15) is 0 Å². The topological polar surface area (TPSA) is 34.1 Å². The zero-order valence-corrected chi connectivity index (χ0v) is 11.2. The first-order chi connectivity index (χ1) is 8.27. The van der Waals surface area contributed by atoms with Crippen LogP contribution in [0.15, 0.2) is 18.3 Å². The molecule has 0 amide bonds. The van der Waals surface area contributed by atoms with Crippen LogP contribution in [0.1, 0.15) is 51.1 Å². The van der Waals surface area contributed by atoms with Gasteiger partial charge < -0.3 is 10.1 Å². The predicted molar refractivity (Wildman–Crippen MR) is 71.3 cm³/mol. The highest BCUT2D eigenvalue weighted by Crippen LogP contribution is 2.14. The number of hydrogen-bond acceptors (Lipinski definition) is 3. The number of ether oxygens (including phenoxy) is 1. The molecule has 0 radical (unpaired) electrons. The van der Waals surface area contributed by atoms with Gasteiger partial charge in [-0.25, -0.2) is 4.98 Å². The molecule has 0 aliphatic rings. The van der Waals surface area contributed by atoms with Gasteiger partial charge in [0.1, 0.15) is 0 Å². The van der Waals surface area contributed by atoms with E-state index in [0.29, 0.717) is 6.04 Å². The van der Waals surface area contributed by atoms with Crippen LogP contribution in [-0.2, 0) is 0 Å². The Hall–Kier alpha value is -1.09. The van der Waals surface area contributed by atoms with Crippen LogP contribution >= 0.6 is 0 Å². The molecule has 1 unspecified atom stereocenters. The lowest BCUT2D eigenvalue weighted by Gasteiger charge is -2.10. The average Bonchev–Trinajstić information content (AvgIpc) is 2.38. The van der Waals surface area contributed by atoms with Crippen molar-refractivity contribution in [1.82, 2.24) is 10.3 Å². The first kappa shape index (κ1) is 14.0. The summed E-state index contributed by atoms with van der Waals surface area (Å²) in [5, 5.41) is 3.19. The van der Waals surface area contributed by atoms with E-state index in [1.54, 1.807) is 0 Å². The molecule has 3 heteroatoms. The van der Waals surface area contributed by atoms with Gasteiger partial charge in [-0.2, -0.15) is 0 Å². The third kappa shape index (κ3) is 5.18. The van der Waals surface area contributed by atoms with Crippen LogP contribution in [0.25, 0.3) is 0 Å². The molecule has 96 valence electrons. The second-order valence-corrected chi connectivity index (χ2v) is 4.35. The van der Waals surface area contributed by atoms with Crippen LogP contribution in [0, 0.1) is 0 Å². The highest BCUT2D eigenvalue weighted by molar-refractivity contribution is 5.20. The minimum Gasteiger partial charge on any atom is -0.478 e. The normalized spacial score (nSPS) is 12.4. The van der Waals surface area contributed by atoms with Crippen molar-refractivity contribution in [2.24, 2.45) is 0 Å². The summed E-state index contributed by atoms with van der Waals surface area (Å²) in [5.41, 5.74) is 1.19. The quantitative estimate of drug-likeness (QED) is 0.703. The molecule has 0 saturated carbocycles. The maximum absolute atomic E-state index is 5.59. The van der Waals surface area contributed by atoms with E-state index in [1.807, 2.05) is 19.3 Å². The highest BCUT2D eigenvalue weighted by atomic mass is 16.5. The monoisotopic (exact) mass is 236 g/mol. The Kier molecular flexibility index (Phi) is 6.63. The van der Waals surface area contributed by atoms with Crippen LogP contribution in [0.5, 0.6) is 5.88 Å².